The molecule has 0 aromatic carbocycles. The zero-order chi connectivity index (χ0) is 14.5. The highest BCUT2D eigenvalue weighted by Gasteiger charge is 2.51. The van der Waals surface area contributed by atoms with Crippen molar-refractivity contribution in [3.63, 3.8) is 0 Å². The molecule has 0 radical (unpaired) electrons. The van der Waals surface area contributed by atoms with Crippen molar-refractivity contribution in [3.05, 3.63) is 10.1 Å². The maximum atomic E-state index is 10.8. The summed E-state index contributed by atoms with van der Waals surface area (Å²) in [5.74, 6) is -6.31. The molecule has 0 bridgehead atoms. The van der Waals surface area contributed by atoms with E-state index in [1.807, 2.05) is 0 Å². The second-order valence-corrected chi connectivity index (χ2v) is 17.0. The van der Waals surface area contributed by atoms with Crippen LogP contribution in [0.15, 0.2) is 13.5 Å². The van der Waals surface area contributed by atoms with Crippen LogP contribution >= 0.6 is 80.4 Å². The minimum Gasteiger partial charge on any atom is -0.298 e. The van der Waals surface area contributed by atoms with Crippen molar-refractivity contribution in [1.82, 2.24) is 0 Å². The van der Waals surface area contributed by atoms with Gasteiger partial charge < -0.3 is 0 Å². The standard InChI is InChI=1S/C3H4BrCl4N4O4P3/c4-3(12(13)14)1-15-19(16-2-3)10-17(5,6)9-18(7,8)11-19/h1-2H2. The Balaban J connectivity index is 2.40. The van der Waals surface area contributed by atoms with E-state index < -0.39 is 28.9 Å². The molecular weight excluding hydrogens is 471 g/mol. The molecule has 0 aliphatic carbocycles. The molecule has 19 heavy (non-hydrogen) atoms. The minimum atomic E-state index is -3.25. The van der Waals surface area contributed by atoms with Crippen LogP contribution in [0.3, 0.4) is 0 Å². The van der Waals surface area contributed by atoms with Gasteiger partial charge >= 0.3 is 12.1 Å². The van der Waals surface area contributed by atoms with E-state index in [-0.39, 0.29) is 13.2 Å². The van der Waals surface area contributed by atoms with Gasteiger partial charge in [-0.3, -0.25) is 19.2 Å². The van der Waals surface area contributed by atoms with E-state index in [1.54, 1.807) is 0 Å². The summed E-state index contributed by atoms with van der Waals surface area (Å²) in [6, 6.07) is 0. The fourth-order valence-corrected chi connectivity index (χ4v) is 15.8. The Kier molecular flexibility index (Phi) is 4.81. The number of hydrogen-bond acceptors (Lipinski definition) is 7. The average molecular weight is 475 g/mol. The van der Waals surface area contributed by atoms with Gasteiger partial charge in [-0.15, -0.1) is 0 Å². The summed E-state index contributed by atoms with van der Waals surface area (Å²) in [5, 5.41) is 10.8. The lowest BCUT2D eigenvalue weighted by atomic mass is 10.4. The van der Waals surface area contributed by atoms with Crippen LogP contribution in [0.4, 0.5) is 0 Å². The van der Waals surface area contributed by atoms with Crippen LogP contribution < -0.4 is 0 Å². The van der Waals surface area contributed by atoms with Crippen molar-refractivity contribution < 1.29 is 14.0 Å². The maximum absolute atomic E-state index is 10.8. The molecular formula is C3H4BrCl4N4O4P3. The zero-order valence-corrected chi connectivity index (χ0v) is 15.9. The number of nitro groups is 1. The molecule has 8 nitrogen and oxygen atoms in total. The van der Waals surface area contributed by atoms with Crippen LogP contribution in [0.2, 0.25) is 0 Å². The van der Waals surface area contributed by atoms with E-state index in [0.29, 0.717) is 0 Å². The number of halogens is 5. The van der Waals surface area contributed by atoms with Gasteiger partial charge in [-0.25, -0.2) is 0 Å². The van der Waals surface area contributed by atoms with Crippen molar-refractivity contribution in [2.45, 2.75) is 4.45 Å². The quantitative estimate of drug-likeness (QED) is 0.148. The van der Waals surface area contributed by atoms with Gasteiger partial charge in [0, 0.05) is 20.9 Å². The summed E-state index contributed by atoms with van der Waals surface area (Å²) < 4.78 is 20.6. The fraction of sp³-hybridized carbons (Fsp3) is 1.00. The Labute approximate surface area is 135 Å². The molecule has 16 heteroatoms. The fourth-order valence-electron chi connectivity index (χ4n) is 1.11. The first-order valence-electron chi connectivity index (χ1n) is 4.30. The van der Waals surface area contributed by atoms with Crippen molar-refractivity contribution >= 4 is 80.4 Å². The molecule has 2 aliphatic rings. The topological polar surface area (TPSA) is 98.7 Å². The predicted molar refractivity (Wildman–Crippen MR) is 82.0 cm³/mol. The predicted octanol–water partition coefficient (Wildman–Crippen LogP) is 6.21. The van der Waals surface area contributed by atoms with Crippen LogP contribution in [0.5, 0.6) is 0 Å². The van der Waals surface area contributed by atoms with E-state index in [4.69, 9.17) is 54.0 Å². The highest BCUT2D eigenvalue weighted by Crippen LogP contribution is 2.86. The first kappa shape index (κ1) is 17.0. The lowest BCUT2D eigenvalue weighted by Crippen LogP contribution is -2.43. The molecule has 0 unspecified atom stereocenters. The molecule has 2 aliphatic heterocycles. The van der Waals surface area contributed by atoms with Gasteiger partial charge in [0.15, 0.2) is 0 Å². The number of rotatable bonds is 1. The third-order valence-electron chi connectivity index (χ3n) is 1.89. The highest BCUT2D eigenvalue weighted by molar-refractivity contribution is 9.10. The van der Waals surface area contributed by atoms with Crippen molar-refractivity contribution in [2.75, 3.05) is 13.2 Å². The van der Waals surface area contributed by atoms with Gasteiger partial charge in [0.2, 0.25) is 0 Å². The first-order chi connectivity index (χ1) is 8.48. The number of alkyl halides is 1. The Bertz CT molecular complexity index is 579. The normalized spacial score (nSPS) is 39.8. The monoisotopic (exact) mass is 472 g/mol. The summed E-state index contributed by atoms with van der Waals surface area (Å²) in [7, 11) is -3.25. The van der Waals surface area contributed by atoms with Crippen LogP contribution in [0, 0.1) is 10.1 Å². The van der Waals surface area contributed by atoms with Crippen molar-refractivity contribution in [1.29, 1.82) is 0 Å². The largest absolute Gasteiger partial charge is 0.346 e. The molecule has 0 saturated carbocycles. The molecule has 2 rings (SSSR count). The molecule has 0 amide bonds. The van der Waals surface area contributed by atoms with Crippen LogP contribution in [-0.4, -0.2) is 22.6 Å². The molecule has 0 atom stereocenters. The average Bonchev–Trinajstić information content (AvgIpc) is 2.18. The van der Waals surface area contributed by atoms with E-state index in [9.17, 15) is 10.1 Å². The summed E-state index contributed by atoms with van der Waals surface area (Å²) >= 11 is 26.4. The van der Waals surface area contributed by atoms with Crippen molar-refractivity contribution in [2.24, 2.45) is 13.5 Å². The highest BCUT2D eigenvalue weighted by atomic mass is 79.9. The number of nitrogens with zero attached hydrogens (tertiary/aromatic N) is 4. The molecule has 110 valence electrons. The Morgan fingerprint density at radius 2 is 1.58 bits per heavy atom. The summed E-state index contributed by atoms with van der Waals surface area (Å²) in [5.41, 5.74) is 0. The molecule has 1 fully saturated rings. The van der Waals surface area contributed by atoms with Gasteiger partial charge in [-0.2, -0.15) is 13.5 Å². The molecule has 0 aromatic heterocycles. The van der Waals surface area contributed by atoms with Gasteiger partial charge in [0.25, 0.3) is 11.8 Å². The van der Waals surface area contributed by atoms with Crippen LogP contribution in [-0.2, 0) is 9.05 Å². The molecule has 0 N–H and O–H groups in total. The second kappa shape index (κ2) is 5.38. The Morgan fingerprint density at radius 1 is 1.11 bits per heavy atom. The zero-order valence-electron chi connectivity index (χ0n) is 8.57. The van der Waals surface area contributed by atoms with Gasteiger partial charge in [-0.05, 0) is 45.0 Å². The molecule has 0 aromatic rings. The molecule has 1 spiro atoms. The molecule has 2 heterocycles. The molecule has 1 saturated heterocycles. The van der Waals surface area contributed by atoms with E-state index in [0.717, 1.165) is 0 Å². The SMILES string of the molecule is O=[N+]([O-])C1(Br)COP2(=NP(Cl)(Cl)=NP(Cl)(Cl)=N2)OC1. The van der Waals surface area contributed by atoms with E-state index in [1.165, 1.54) is 0 Å². The van der Waals surface area contributed by atoms with Crippen LogP contribution in [0.1, 0.15) is 0 Å². The van der Waals surface area contributed by atoms with Gasteiger partial charge in [-0.1, -0.05) is 0 Å². The van der Waals surface area contributed by atoms with Gasteiger partial charge in [0.05, 0.1) is 0 Å². The summed E-state index contributed by atoms with van der Waals surface area (Å²) in [4.78, 5) is 10.3. The Morgan fingerprint density at radius 3 is 2.00 bits per heavy atom. The minimum absolute atomic E-state index is 0.331. The third-order valence-corrected chi connectivity index (χ3v) is 13.7. The first-order valence-corrected chi connectivity index (χ1v) is 13.6. The Hall–Kier alpha value is 1.65. The lowest BCUT2D eigenvalue weighted by molar-refractivity contribution is -0.542. The van der Waals surface area contributed by atoms with Gasteiger partial charge in [0.1, 0.15) is 13.2 Å². The van der Waals surface area contributed by atoms with Crippen LogP contribution in [0.25, 0.3) is 0 Å². The van der Waals surface area contributed by atoms with E-state index in [2.05, 4.69) is 29.5 Å². The summed E-state index contributed by atoms with van der Waals surface area (Å²) in [6.07, 6.45) is 0. The maximum Gasteiger partial charge on any atom is 0.346 e. The summed E-state index contributed by atoms with van der Waals surface area (Å²) in [6.45, 7) is -0.662. The number of hydrogen-bond donors (Lipinski definition) is 0. The third kappa shape index (κ3) is 3.89. The van der Waals surface area contributed by atoms with Crippen molar-refractivity contribution in [3.8, 4) is 0 Å². The lowest BCUT2D eigenvalue weighted by Gasteiger charge is -2.32. The smallest absolute Gasteiger partial charge is 0.298 e. The van der Waals surface area contributed by atoms with E-state index >= 15 is 0 Å². The second-order valence-electron chi connectivity index (χ2n) is 3.39.